The number of aliphatic hydroxyl groups excluding tert-OH is 1. The van der Waals surface area contributed by atoms with Crippen LogP contribution >= 0.6 is 0 Å². The predicted molar refractivity (Wildman–Crippen MR) is 141 cm³/mol. The standard InChI is InChI=1S/C30H31NO5/c1-18-9-7-11-21(15-18)31-26(19-10-8-12-22(16-19)35-5)25(28(33)29(31)34)27(32)20-13-14-24(36-6)23(17-20)30(2,3)4/h7-17,26,32H,1-6H3/b27-25-. The Bertz CT molecular complexity index is 1370. The van der Waals surface area contributed by atoms with Crippen molar-refractivity contribution in [3.63, 3.8) is 0 Å². The topological polar surface area (TPSA) is 76.1 Å². The fraction of sp³-hybridized carbons (Fsp3) is 0.267. The van der Waals surface area contributed by atoms with Crippen LogP contribution in [0, 0.1) is 6.92 Å². The number of carbonyl (C=O) groups is 2. The van der Waals surface area contributed by atoms with Crippen LogP contribution in [-0.2, 0) is 15.0 Å². The second-order valence-electron chi connectivity index (χ2n) is 9.95. The molecule has 0 saturated carbocycles. The van der Waals surface area contributed by atoms with Crippen LogP contribution in [-0.4, -0.2) is 31.0 Å². The highest BCUT2D eigenvalue weighted by atomic mass is 16.5. The van der Waals surface area contributed by atoms with Gasteiger partial charge < -0.3 is 14.6 Å². The summed E-state index contributed by atoms with van der Waals surface area (Å²) in [6, 6.07) is 19.1. The molecule has 1 unspecified atom stereocenters. The van der Waals surface area contributed by atoms with Crippen LogP contribution < -0.4 is 14.4 Å². The van der Waals surface area contributed by atoms with Gasteiger partial charge in [-0.1, -0.05) is 45.0 Å². The third kappa shape index (κ3) is 4.47. The number of nitrogens with zero attached hydrogens (tertiary/aromatic N) is 1. The van der Waals surface area contributed by atoms with Gasteiger partial charge >= 0.3 is 0 Å². The van der Waals surface area contributed by atoms with Crippen LogP contribution in [0.1, 0.15) is 49.1 Å². The molecule has 0 aliphatic carbocycles. The highest BCUT2D eigenvalue weighted by molar-refractivity contribution is 6.51. The first kappa shape index (κ1) is 25.0. The maximum Gasteiger partial charge on any atom is 0.300 e. The number of rotatable bonds is 5. The first-order valence-corrected chi connectivity index (χ1v) is 11.8. The molecular formula is C30H31NO5. The molecule has 4 rings (SSSR count). The minimum atomic E-state index is -0.831. The van der Waals surface area contributed by atoms with E-state index in [0.29, 0.717) is 28.3 Å². The number of methoxy groups -OCH3 is 2. The minimum absolute atomic E-state index is 0.0276. The van der Waals surface area contributed by atoms with Gasteiger partial charge in [-0.05, 0) is 65.9 Å². The minimum Gasteiger partial charge on any atom is -0.507 e. The van der Waals surface area contributed by atoms with Crippen molar-refractivity contribution in [3.8, 4) is 11.5 Å². The van der Waals surface area contributed by atoms with Gasteiger partial charge in [-0.2, -0.15) is 0 Å². The quantitative estimate of drug-likeness (QED) is 0.275. The summed E-state index contributed by atoms with van der Waals surface area (Å²) in [4.78, 5) is 28.3. The normalized spacial score (nSPS) is 17.4. The Morgan fingerprint density at radius 1 is 0.917 bits per heavy atom. The summed E-state index contributed by atoms with van der Waals surface area (Å²) < 4.78 is 10.9. The average molecular weight is 486 g/mol. The Morgan fingerprint density at radius 2 is 1.64 bits per heavy atom. The first-order valence-electron chi connectivity index (χ1n) is 11.8. The van der Waals surface area contributed by atoms with Crippen LogP contribution in [0.3, 0.4) is 0 Å². The van der Waals surface area contributed by atoms with Gasteiger partial charge in [-0.25, -0.2) is 0 Å². The van der Waals surface area contributed by atoms with Crippen molar-refractivity contribution < 1.29 is 24.2 Å². The molecule has 1 aliphatic heterocycles. The van der Waals surface area contributed by atoms with E-state index in [2.05, 4.69) is 0 Å². The van der Waals surface area contributed by atoms with Crippen molar-refractivity contribution in [1.29, 1.82) is 0 Å². The van der Waals surface area contributed by atoms with Gasteiger partial charge in [0.1, 0.15) is 17.3 Å². The number of Topliss-reactive ketones (excluding diaryl/α,β-unsaturated/α-hetero) is 1. The Labute approximate surface area is 211 Å². The molecule has 0 spiro atoms. The highest BCUT2D eigenvalue weighted by Gasteiger charge is 2.47. The molecule has 6 heteroatoms. The number of hydrogen-bond acceptors (Lipinski definition) is 5. The van der Waals surface area contributed by atoms with E-state index in [1.165, 1.54) is 4.90 Å². The van der Waals surface area contributed by atoms with E-state index in [-0.39, 0.29) is 16.7 Å². The van der Waals surface area contributed by atoms with Crippen LogP contribution in [0.5, 0.6) is 11.5 Å². The number of ketones is 1. The van der Waals surface area contributed by atoms with E-state index < -0.39 is 17.7 Å². The SMILES string of the molecule is COc1cccc(C2/C(=C(/O)c3ccc(OC)c(C(C)(C)C)c3)C(=O)C(=O)N2c2cccc(C)c2)c1. The lowest BCUT2D eigenvalue weighted by atomic mass is 9.84. The highest BCUT2D eigenvalue weighted by Crippen LogP contribution is 2.43. The molecular weight excluding hydrogens is 454 g/mol. The second kappa shape index (κ2) is 9.53. The number of carbonyl (C=O) groups excluding carboxylic acids is 2. The molecule has 0 aromatic heterocycles. The van der Waals surface area contributed by atoms with Crippen molar-refractivity contribution in [3.05, 3.63) is 94.6 Å². The molecule has 1 amide bonds. The predicted octanol–water partition coefficient (Wildman–Crippen LogP) is 5.94. The summed E-state index contributed by atoms with van der Waals surface area (Å²) in [6.07, 6.45) is 0. The van der Waals surface area contributed by atoms with Crippen molar-refractivity contribution in [1.82, 2.24) is 0 Å². The maximum absolute atomic E-state index is 13.5. The van der Waals surface area contributed by atoms with E-state index in [1.807, 2.05) is 58.0 Å². The lowest BCUT2D eigenvalue weighted by Gasteiger charge is -2.26. The van der Waals surface area contributed by atoms with E-state index in [1.54, 1.807) is 50.6 Å². The number of anilines is 1. The molecule has 3 aromatic carbocycles. The summed E-state index contributed by atoms with van der Waals surface area (Å²) in [5.74, 6) is -0.399. The number of amides is 1. The molecule has 1 saturated heterocycles. The molecule has 36 heavy (non-hydrogen) atoms. The lowest BCUT2D eigenvalue weighted by molar-refractivity contribution is -0.132. The zero-order valence-electron chi connectivity index (χ0n) is 21.5. The Kier molecular flexibility index (Phi) is 6.63. The monoisotopic (exact) mass is 485 g/mol. The molecule has 1 atom stereocenters. The Hall–Kier alpha value is -4.06. The van der Waals surface area contributed by atoms with Crippen molar-refractivity contribution in [2.75, 3.05) is 19.1 Å². The smallest absolute Gasteiger partial charge is 0.300 e. The van der Waals surface area contributed by atoms with Crippen molar-refractivity contribution >= 4 is 23.1 Å². The van der Waals surface area contributed by atoms with Crippen molar-refractivity contribution in [2.45, 2.75) is 39.2 Å². The summed E-state index contributed by atoms with van der Waals surface area (Å²) in [5, 5.41) is 11.5. The molecule has 1 aliphatic rings. The third-order valence-corrected chi connectivity index (χ3v) is 6.41. The molecule has 1 fully saturated rings. The zero-order chi connectivity index (χ0) is 26.2. The van der Waals surface area contributed by atoms with Crippen LogP contribution in [0.4, 0.5) is 5.69 Å². The fourth-order valence-corrected chi connectivity index (χ4v) is 4.60. The van der Waals surface area contributed by atoms with Crippen LogP contribution in [0.25, 0.3) is 5.76 Å². The number of aryl methyl sites for hydroxylation is 1. The number of hydrogen-bond donors (Lipinski definition) is 1. The van der Waals surface area contributed by atoms with E-state index in [0.717, 1.165) is 11.1 Å². The average Bonchev–Trinajstić information content (AvgIpc) is 3.13. The number of ether oxygens (including phenoxy) is 2. The Balaban J connectivity index is 1.98. The molecule has 1 N–H and O–H groups in total. The third-order valence-electron chi connectivity index (χ3n) is 6.41. The first-order chi connectivity index (χ1) is 17.1. The number of benzene rings is 3. The lowest BCUT2D eigenvalue weighted by Crippen LogP contribution is -2.29. The fourth-order valence-electron chi connectivity index (χ4n) is 4.60. The second-order valence-corrected chi connectivity index (χ2v) is 9.95. The molecule has 0 bridgehead atoms. The van der Waals surface area contributed by atoms with Gasteiger partial charge in [0, 0.05) is 16.8 Å². The zero-order valence-corrected chi connectivity index (χ0v) is 21.5. The van der Waals surface area contributed by atoms with Crippen molar-refractivity contribution in [2.24, 2.45) is 0 Å². The van der Waals surface area contributed by atoms with Gasteiger partial charge in [-0.15, -0.1) is 0 Å². The summed E-state index contributed by atoms with van der Waals surface area (Å²) in [5.41, 5.74) is 3.25. The molecule has 0 radical (unpaired) electrons. The van der Waals surface area contributed by atoms with Crippen LogP contribution in [0.2, 0.25) is 0 Å². The number of aliphatic hydroxyl groups is 1. The van der Waals surface area contributed by atoms with Gasteiger partial charge in [0.15, 0.2) is 0 Å². The van der Waals surface area contributed by atoms with E-state index in [4.69, 9.17) is 9.47 Å². The molecule has 186 valence electrons. The van der Waals surface area contributed by atoms with Gasteiger partial charge in [0.25, 0.3) is 11.7 Å². The largest absolute Gasteiger partial charge is 0.507 e. The van der Waals surface area contributed by atoms with Gasteiger partial charge in [-0.3, -0.25) is 14.5 Å². The van der Waals surface area contributed by atoms with Gasteiger partial charge in [0.05, 0.1) is 25.8 Å². The molecule has 6 nitrogen and oxygen atoms in total. The van der Waals surface area contributed by atoms with E-state index in [9.17, 15) is 14.7 Å². The molecule has 1 heterocycles. The van der Waals surface area contributed by atoms with E-state index >= 15 is 0 Å². The molecule has 3 aromatic rings. The maximum atomic E-state index is 13.5. The summed E-state index contributed by atoms with van der Waals surface area (Å²) in [6.45, 7) is 8.05. The van der Waals surface area contributed by atoms with Crippen LogP contribution in [0.15, 0.2) is 72.3 Å². The van der Waals surface area contributed by atoms with Gasteiger partial charge in [0.2, 0.25) is 0 Å². The summed E-state index contributed by atoms with van der Waals surface area (Å²) >= 11 is 0. The Morgan fingerprint density at radius 3 is 2.28 bits per heavy atom. The summed E-state index contributed by atoms with van der Waals surface area (Å²) in [7, 11) is 3.16.